The van der Waals surface area contributed by atoms with Gasteiger partial charge in [0, 0.05) is 5.69 Å². The molecular formula is C15H21FN2O. The number of hydrogen-bond acceptors (Lipinski definition) is 2. The summed E-state index contributed by atoms with van der Waals surface area (Å²) in [5.41, 5.74) is 6.32. The number of halogens is 1. The lowest BCUT2D eigenvalue weighted by atomic mass is 9.93. The highest BCUT2D eigenvalue weighted by molar-refractivity contribution is 5.88. The van der Waals surface area contributed by atoms with E-state index in [4.69, 9.17) is 5.73 Å². The van der Waals surface area contributed by atoms with Gasteiger partial charge in [-0.1, -0.05) is 13.3 Å². The Morgan fingerprint density at radius 1 is 1.53 bits per heavy atom. The Kier molecular flexibility index (Phi) is 3.78. The van der Waals surface area contributed by atoms with Crippen LogP contribution in [0.1, 0.15) is 38.2 Å². The third-order valence-electron chi connectivity index (χ3n) is 4.09. The van der Waals surface area contributed by atoms with Crippen molar-refractivity contribution in [2.75, 3.05) is 5.32 Å². The molecule has 3 N–H and O–H groups in total. The molecule has 1 aromatic rings. The summed E-state index contributed by atoms with van der Waals surface area (Å²) in [7, 11) is 0. The molecule has 2 atom stereocenters. The average Bonchev–Trinajstić information content (AvgIpc) is 2.72. The molecule has 1 aromatic carbocycles. The third kappa shape index (κ3) is 2.88. The normalized spacial score (nSPS) is 26.4. The monoisotopic (exact) mass is 264 g/mol. The van der Waals surface area contributed by atoms with E-state index in [1.54, 1.807) is 0 Å². The highest BCUT2D eigenvalue weighted by Crippen LogP contribution is 2.38. The van der Waals surface area contributed by atoms with Gasteiger partial charge in [-0.2, -0.15) is 0 Å². The number of anilines is 1. The fourth-order valence-electron chi connectivity index (χ4n) is 2.98. The second-order valence-electron chi connectivity index (χ2n) is 5.61. The molecule has 2 rings (SSSR count). The van der Waals surface area contributed by atoms with E-state index >= 15 is 0 Å². The summed E-state index contributed by atoms with van der Waals surface area (Å²) in [5, 5.41) is 3.19. The number of carbonyl (C=O) groups is 1. The van der Waals surface area contributed by atoms with Crippen LogP contribution in [0.4, 0.5) is 10.1 Å². The number of aryl methyl sites for hydroxylation is 1. The quantitative estimate of drug-likeness (QED) is 0.878. The van der Waals surface area contributed by atoms with Crippen molar-refractivity contribution in [1.82, 2.24) is 0 Å². The van der Waals surface area contributed by atoms with E-state index in [0.717, 1.165) is 31.2 Å². The SMILES string of the molecule is CCC1CCC(Nc2cc(C)cc(F)c2)(C(N)=O)C1. The van der Waals surface area contributed by atoms with Crippen molar-refractivity contribution in [3.05, 3.63) is 29.6 Å². The van der Waals surface area contributed by atoms with E-state index < -0.39 is 5.54 Å². The molecule has 0 aliphatic heterocycles. The lowest BCUT2D eigenvalue weighted by Crippen LogP contribution is -2.48. The number of nitrogens with two attached hydrogens (primary N) is 1. The molecule has 19 heavy (non-hydrogen) atoms. The Balaban J connectivity index is 2.24. The van der Waals surface area contributed by atoms with Gasteiger partial charge in [0.15, 0.2) is 0 Å². The zero-order valence-corrected chi connectivity index (χ0v) is 11.5. The third-order valence-corrected chi connectivity index (χ3v) is 4.09. The zero-order valence-electron chi connectivity index (χ0n) is 11.5. The van der Waals surface area contributed by atoms with Gasteiger partial charge >= 0.3 is 0 Å². The molecule has 1 amide bonds. The molecule has 0 heterocycles. The topological polar surface area (TPSA) is 55.1 Å². The summed E-state index contributed by atoms with van der Waals surface area (Å²) >= 11 is 0. The minimum atomic E-state index is -0.721. The molecule has 1 saturated carbocycles. The fourth-order valence-corrected chi connectivity index (χ4v) is 2.98. The highest BCUT2D eigenvalue weighted by atomic mass is 19.1. The summed E-state index contributed by atoms with van der Waals surface area (Å²) < 4.78 is 13.4. The highest BCUT2D eigenvalue weighted by Gasteiger charge is 2.43. The van der Waals surface area contributed by atoms with E-state index in [2.05, 4.69) is 12.2 Å². The number of rotatable bonds is 4. The molecule has 0 saturated heterocycles. The van der Waals surface area contributed by atoms with Gasteiger partial charge in [0.05, 0.1) is 0 Å². The smallest absolute Gasteiger partial charge is 0.243 e. The second kappa shape index (κ2) is 5.19. The number of benzene rings is 1. The van der Waals surface area contributed by atoms with Crippen molar-refractivity contribution in [1.29, 1.82) is 0 Å². The van der Waals surface area contributed by atoms with E-state index in [9.17, 15) is 9.18 Å². The van der Waals surface area contributed by atoms with Crippen LogP contribution in [-0.4, -0.2) is 11.4 Å². The molecule has 1 fully saturated rings. The maximum Gasteiger partial charge on any atom is 0.243 e. The van der Waals surface area contributed by atoms with Crippen molar-refractivity contribution in [2.45, 2.75) is 45.1 Å². The zero-order chi connectivity index (χ0) is 14.0. The van der Waals surface area contributed by atoms with Crippen LogP contribution in [-0.2, 0) is 4.79 Å². The van der Waals surface area contributed by atoms with Crippen LogP contribution in [0.3, 0.4) is 0 Å². The molecule has 0 aromatic heterocycles. The van der Waals surface area contributed by atoms with E-state index in [1.165, 1.54) is 12.1 Å². The molecule has 0 radical (unpaired) electrons. The van der Waals surface area contributed by atoms with Gasteiger partial charge in [-0.15, -0.1) is 0 Å². The molecule has 0 bridgehead atoms. The van der Waals surface area contributed by atoms with Gasteiger partial charge in [0.25, 0.3) is 0 Å². The van der Waals surface area contributed by atoms with Gasteiger partial charge in [0.2, 0.25) is 5.91 Å². The van der Waals surface area contributed by atoms with Crippen LogP contribution in [0.15, 0.2) is 18.2 Å². The van der Waals surface area contributed by atoms with Crippen LogP contribution >= 0.6 is 0 Å². The first-order valence-corrected chi connectivity index (χ1v) is 6.80. The maximum atomic E-state index is 13.4. The standard InChI is InChI=1S/C15H21FN2O/c1-3-11-4-5-15(9-11,14(17)19)18-13-7-10(2)6-12(16)8-13/h6-8,11,18H,3-5,9H2,1-2H3,(H2,17,19). The molecule has 1 aliphatic rings. The Hall–Kier alpha value is -1.58. The summed E-state index contributed by atoms with van der Waals surface area (Å²) in [6.07, 6.45) is 3.48. The van der Waals surface area contributed by atoms with Crippen molar-refractivity contribution in [3.63, 3.8) is 0 Å². The summed E-state index contributed by atoms with van der Waals surface area (Å²) in [6, 6.07) is 4.72. The molecule has 104 valence electrons. The molecule has 2 unspecified atom stereocenters. The predicted octanol–water partition coefficient (Wildman–Crippen LogP) is 2.98. The van der Waals surface area contributed by atoms with Crippen molar-refractivity contribution in [2.24, 2.45) is 11.7 Å². The van der Waals surface area contributed by atoms with Crippen LogP contribution in [0.25, 0.3) is 0 Å². The molecule has 4 heteroatoms. The Morgan fingerprint density at radius 3 is 2.79 bits per heavy atom. The lowest BCUT2D eigenvalue weighted by molar-refractivity contribution is -0.122. The Bertz CT molecular complexity index is 469. The first-order valence-electron chi connectivity index (χ1n) is 6.80. The molecule has 1 aliphatic carbocycles. The van der Waals surface area contributed by atoms with Gasteiger partial charge in [-0.25, -0.2) is 4.39 Å². The van der Waals surface area contributed by atoms with Crippen molar-refractivity contribution < 1.29 is 9.18 Å². The van der Waals surface area contributed by atoms with Crippen LogP contribution < -0.4 is 11.1 Å². The summed E-state index contributed by atoms with van der Waals surface area (Å²) in [6.45, 7) is 3.95. The van der Waals surface area contributed by atoms with Crippen LogP contribution in [0.5, 0.6) is 0 Å². The summed E-state index contributed by atoms with van der Waals surface area (Å²) in [5.74, 6) is -0.132. The first-order chi connectivity index (χ1) is 8.95. The number of nitrogens with one attached hydrogen (secondary N) is 1. The number of amides is 1. The van der Waals surface area contributed by atoms with Gasteiger partial charge in [-0.05, 0) is 55.9 Å². The predicted molar refractivity (Wildman–Crippen MR) is 74.3 cm³/mol. The Labute approximate surface area is 113 Å². The molecule has 0 spiro atoms. The average molecular weight is 264 g/mol. The largest absolute Gasteiger partial charge is 0.371 e. The molecule has 3 nitrogen and oxygen atoms in total. The van der Waals surface area contributed by atoms with Crippen molar-refractivity contribution >= 4 is 11.6 Å². The first kappa shape index (κ1) is 13.8. The van der Waals surface area contributed by atoms with Crippen LogP contribution in [0, 0.1) is 18.7 Å². The summed E-state index contributed by atoms with van der Waals surface area (Å²) in [4.78, 5) is 11.8. The minimum absolute atomic E-state index is 0.299. The van der Waals surface area contributed by atoms with Gasteiger partial charge in [0.1, 0.15) is 11.4 Å². The lowest BCUT2D eigenvalue weighted by Gasteiger charge is -2.28. The minimum Gasteiger partial charge on any atom is -0.371 e. The fraction of sp³-hybridized carbons (Fsp3) is 0.533. The van der Waals surface area contributed by atoms with Crippen molar-refractivity contribution in [3.8, 4) is 0 Å². The molecular weight excluding hydrogens is 243 g/mol. The number of carbonyl (C=O) groups excluding carboxylic acids is 1. The van der Waals surface area contributed by atoms with E-state index in [1.807, 2.05) is 13.0 Å². The van der Waals surface area contributed by atoms with Crippen LogP contribution in [0.2, 0.25) is 0 Å². The number of primary amides is 1. The Morgan fingerprint density at radius 2 is 2.26 bits per heavy atom. The van der Waals surface area contributed by atoms with Gasteiger partial charge in [-0.3, -0.25) is 4.79 Å². The van der Waals surface area contributed by atoms with E-state index in [-0.39, 0.29) is 11.7 Å². The van der Waals surface area contributed by atoms with E-state index in [0.29, 0.717) is 11.6 Å². The number of hydrogen-bond donors (Lipinski definition) is 2. The second-order valence-corrected chi connectivity index (χ2v) is 5.61. The van der Waals surface area contributed by atoms with Gasteiger partial charge < -0.3 is 11.1 Å². The maximum absolute atomic E-state index is 13.4.